The van der Waals surface area contributed by atoms with Crippen molar-refractivity contribution < 1.29 is 4.42 Å². The fourth-order valence-electron chi connectivity index (χ4n) is 3.58. The topological polar surface area (TPSA) is 80.0 Å². The molecule has 5 rings (SSSR count). The van der Waals surface area contributed by atoms with E-state index in [-0.39, 0.29) is 0 Å². The van der Waals surface area contributed by atoms with Crippen molar-refractivity contribution >= 4 is 5.70 Å². The van der Waals surface area contributed by atoms with Crippen LogP contribution in [0, 0.1) is 0 Å². The molecule has 2 aromatic carbocycles. The van der Waals surface area contributed by atoms with Crippen LogP contribution < -0.4 is 5.32 Å². The smallest absolute Gasteiger partial charge is 0.268 e. The number of rotatable bonds is 5. The van der Waals surface area contributed by atoms with Gasteiger partial charge in [0.05, 0.1) is 18.1 Å². The highest BCUT2D eigenvalue weighted by Crippen LogP contribution is 2.26. The fraction of sp³-hybridized carbons (Fsp3) is 0.167. The predicted octanol–water partition coefficient (Wildman–Crippen LogP) is 3.74. The van der Waals surface area contributed by atoms with Gasteiger partial charge in [0, 0.05) is 43.0 Å². The third kappa shape index (κ3) is 4.08. The molecule has 0 spiro atoms. The van der Waals surface area contributed by atoms with Crippen LogP contribution in [0.2, 0.25) is 0 Å². The summed E-state index contributed by atoms with van der Waals surface area (Å²) in [5, 5.41) is 11.6. The van der Waals surface area contributed by atoms with Crippen LogP contribution in [-0.4, -0.2) is 51.2 Å². The van der Waals surface area contributed by atoms with Crippen molar-refractivity contribution in [3.8, 4) is 34.3 Å². The molecule has 3 heterocycles. The summed E-state index contributed by atoms with van der Waals surface area (Å²) >= 11 is 0. The summed E-state index contributed by atoms with van der Waals surface area (Å²) < 4.78 is 5.82. The molecule has 31 heavy (non-hydrogen) atoms. The molecule has 0 bridgehead atoms. The molecule has 1 aliphatic rings. The van der Waals surface area contributed by atoms with Crippen molar-refractivity contribution in [1.82, 2.24) is 30.4 Å². The van der Waals surface area contributed by atoms with Crippen molar-refractivity contribution in [2.24, 2.45) is 0 Å². The fourth-order valence-corrected chi connectivity index (χ4v) is 3.58. The minimum absolute atomic E-state index is 0.344. The lowest BCUT2D eigenvalue weighted by atomic mass is 10.1. The van der Waals surface area contributed by atoms with Crippen LogP contribution >= 0.6 is 0 Å². The molecule has 1 aliphatic heterocycles. The quantitative estimate of drug-likeness (QED) is 0.537. The highest BCUT2D eigenvalue weighted by Gasteiger charge is 2.15. The molecule has 0 atom stereocenters. The van der Waals surface area contributed by atoms with Crippen LogP contribution in [0.4, 0.5) is 0 Å². The molecule has 0 radical (unpaired) electrons. The van der Waals surface area contributed by atoms with Crippen molar-refractivity contribution in [2.45, 2.75) is 0 Å². The maximum absolute atomic E-state index is 5.82. The van der Waals surface area contributed by atoms with E-state index in [0.29, 0.717) is 17.5 Å². The highest BCUT2D eigenvalue weighted by molar-refractivity contribution is 5.68. The van der Waals surface area contributed by atoms with Crippen molar-refractivity contribution in [2.75, 3.05) is 26.2 Å². The second-order valence-corrected chi connectivity index (χ2v) is 7.33. The summed E-state index contributed by atoms with van der Waals surface area (Å²) in [6.45, 7) is 8.20. The number of nitrogens with one attached hydrogen (secondary N) is 1. The summed E-state index contributed by atoms with van der Waals surface area (Å²) in [4.78, 5) is 11.3. The molecule has 0 amide bonds. The van der Waals surface area contributed by atoms with Crippen LogP contribution in [0.1, 0.15) is 5.56 Å². The van der Waals surface area contributed by atoms with E-state index in [4.69, 9.17) is 4.42 Å². The largest absolute Gasteiger partial charge is 0.415 e. The van der Waals surface area contributed by atoms with Gasteiger partial charge in [-0.3, -0.25) is 4.98 Å². The first-order chi connectivity index (χ1) is 15.3. The Labute approximate surface area is 180 Å². The Bertz CT molecular complexity index is 1180. The second-order valence-electron chi connectivity index (χ2n) is 7.33. The molecule has 7 heteroatoms. The summed E-state index contributed by atoms with van der Waals surface area (Å²) in [6, 6.07) is 17.9. The SMILES string of the molecule is C=C(c1ccc(-c2cncc(-c3nnc(-c4ccccc4)o3)n2)cc1)N1CCNCC1. The van der Waals surface area contributed by atoms with Crippen molar-refractivity contribution in [3.63, 3.8) is 0 Å². The van der Waals surface area contributed by atoms with E-state index in [1.807, 2.05) is 42.5 Å². The highest BCUT2D eigenvalue weighted by atomic mass is 16.4. The lowest BCUT2D eigenvalue weighted by Gasteiger charge is -2.31. The molecule has 0 aliphatic carbocycles. The molecular formula is C24H22N6O. The number of nitrogens with zero attached hydrogens (tertiary/aromatic N) is 5. The summed E-state index contributed by atoms with van der Waals surface area (Å²) in [7, 11) is 0. The van der Waals surface area contributed by atoms with Gasteiger partial charge < -0.3 is 14.6 Å². The maximum atomic E-state index is 5.82. The third-order valence-electron chi connectivity index (χ3n) is 5.31. The summed E-state index contributed by atoms with van der Waals surface area (Å²) in [5.74, 6) is 0.801. The van der Waals surface area contributed by atoms with Gasteiger partial charge in [0.15, 0.2) is 0 Å². The Balaban J connectivity index is 1.37. The first-order valence-electron chi connectivity index (χ1n) is 10.2. The monoisotopic (exact) mass is 410 g/mol. The first-order valence-corrected chi connectivity index (χ1v) is 10.2. The van der Waals surface area contributed by atoms with Gasteiger partial charge in [-0.1, -0.05) is 49.0 Å². The Morgan fingerprint density at radius 1 is 0.839 bits per heavy atom. The minimum Gasteiger partial charge on any atom is -0.415 e. The number of hydrogen-bond donors (Lipinski definition) is 1. The van der Waals surface area contributed by atoms with E-state index in [0.717, 1.165) is 54.3 Å². The molecule has 1 fully saturated rings. The van der Waals surface area contributed by atoms with Crippen LogP contribution in [-0.2, 0) is 0 Å². The van der Waals surface area contributed by atoms with E-state index in [1.54, 1.807) is 12.4 Å². The Morgan fingerprint density at radius 2 is 1.55 bits per heavy atom. The molecule has 154 valence electrons. The third-order valence-corrected chi connectivity index (χ3v) is 5.31. The number of hydrogen-bond acceptors (Lipinski definition) is 7. The number of benzene rings is 2. The van der Waals surface area contributed by atoms with Crippen LogP contribution in [0.5, 0.6) is 0 Å². The first kappa shape index (κ1) is 19.1. The van der Waals surface area contributed by atoms with Gasteiger partial charge in [0.1, 0.15) is 5.69 Å². The molecule has 0 saturated carbocycles. The second kappa shape index (κ2) is 8.49. The van der Waals surface area contributed by atoms with Crippen molar-refractivity contribution in [3.05, 3.63) is 79.1 Å². The zero-order chi connectivity index (χ0) is 21.0. The summed E-state index contributed by atoms with van der Waals surface area (Å²) in [5.41, 5.74) is 5.28. The van der Waals surface area contributed by atoms with Gasteiger partial charge in [-0.05, 0) is 17.7 Å². The van der Waals surface area contributed by atoms with Gasteiger partial charge in [0.2, 0.25) is 5.89 Å². The van der Waals surface area contributed by atoms with Crippen LogP contribution in [0.15, 0.2) is 78.0 Å². The van der Waals surface area contributed by atoms with Gasteiger partial charge in [0.25, 0.3) is 5.89 Å². The average Bonchev–Trinajstić information content (AvgIpc) is 3.35. The van der Waals surface area contributed by atoms with E-state index in [9.17, 15) is 0 Å². The lowest BCUT2D eigenvalue weighted by molar-refractivity contribution is 0.341. The maximum Gasteiger partial charge on any atom is 0.268 e. The molecule has 7 nitrogen and oxygen atoms in total. The molecule has 0 unspecified atom stereocenters. The number of piperazine rings is 1. The van der Waals surface area contributed by atoms with Gasteiger partial charge in [-0.2, -0.15) is 0 Å². The minimum atomic E-state index is 0.344. The Kier molecular flexibility index (Phi) is 5.24. The van der Waals surface area contributed by atoms with Gasteiger partial charge in [-0.15, -0.1) is 10.2 Å². The summed E-state index contributed by atoms with van der Waals surface area (Å²) in [6.07, 6.45) is 3.37. The number of aromatic nitrogens is 4. The van der Waals surface area contributed by atoms with Crippen LogP contribution in [0.25, 0.3) is 40.0 Å². The van der Waals surface area contributed by atoms with Crippen LogP contribution in [0.3, 0.4) is 0 Å². The molecule has 1 N–H and O–H groups in total. The molecule has 1 saturated heterocycles. The van der Waals surface area contributed by atoms with Crippen molar-refractivity contribution in [1.29, 1.82) is 0 Å². The van der Waals surface area contributed by atoms with E-state index in [2.05, 4.69) is 49.1 Å². The average molecular weight is 410 g/mol. The molecule has 2 aromatic heterocycles. The Morgan fingerprint density at radius 3 is 2.32 bits per heavy atom. The Hall–Kier alpha value is -3.84. The predicted molar refractivity (Wildman–Crippen MR) is 120 cm³/mol. The molecular weight excluding hydrogens is 388 g/mol. The zero-order valence-electron chi connectivity index (χ0n) is 17.0. The zero-order valence-corrected chi connectivity index (χ0v) is 17.0. The lowest BCUT2D eigenvalue weighted by Crippen LogP contribution is -2.42. The standard InChI is InChI=1S/C24H22N6O/c1-17(30-13-11-25-12-14-30)18-7-9-19(10-8-18)21-15-26-16-22(27-21)24-29-28-23(31-24)20-5-3-2-4-6-20/h2-10,15-16,25H,1,11-14H2. The van der Waals surface area contributed by atoms with E-state index < -0.39 is 0 Å². The van der Waals surface area contributed by atoms with Gasteiger partial charge in [-0.25, -0.2) is 4.98 Å². The molecule has 4 aromatic rings. The van der Waals surface area contributed by atoms with E-state index >= 15 is 0 Å². The normalized spacial score (nSPS) is 13.9. The van der Waals surface area contributed by atoms with E-state index in [1.165, 1.54) is 0 Å². The van der Waals surface area contributed by atoms with Gasteiger partial charge >= 0.3 is 0 Å².